The zero-order valence-corrected chi connectivity index (χ0v) is 15.9. The molecule has 0 aromatic rings. The van der Waals surface area contributed by atoms with Gasteiger partial charge in [-0.25, -0.2) is 0 Å². The number of nitrogens with two attached hydrogens (primary N) is 1. The van der Waals surface area contributed by atoms with Gasteiger partial charge in [0, 0.05) is 18.6 Å². The summed E-state index contributed by atoms with van der Waals surface area (Å²) in [5.74, 6) is 0.607. The number of nitrogens with one attached hydrogen (secondary N) is 1. The molecule has 152 valence electrons. The molecule has 0 bridgehead atoms. The van der Waals surface area contributed by atoms with Crippen molar-refractivity contribution in [1.82, 2.24) is 10.2 Å². The molecule has 2 unspecified atom stereocenters. The average molecular weight is 379 g/mol. The molecule has 0 aromatic carbocycles. The first-order valence-corrected chi connectivity index (χ1v) is 9.45. The van der Waals surface area contributed by atoms with Gasteiger partial charge >= 0.3 is 6.18 Å². The molecule has 0 radical (unpaired) electrons. The predicted octanol–water partition coefficient (Wildman–Crippen LogP) is 2.03. The van der Waals surface area contributed by atoms with Crippen molar-refractivity contribution in [1.29, 1.82) is 0 Å². The second kappa shape index (κ2) is 8.02. The van der Waals surface area contributed by atoms with Crippen molar-refractivity contribution in [3.63, 3.8) is 0 Å². The minimum absolute atomic E-state index is 0.186. The lowest BCUT2D eigenvalue weighted by Gasteiger charge is -2.46. The number of likely N-dealkylation sites (tertiary alicyclic amines) is 1. The van der Waals surface area contributed by atoms with Gasteiger partial charge in [0.15, 0.2) is 0 Å². The first kappa shape index (κ1) is 21.4. The van der Waals surface area contributed by atoms with Crippen molar-refractivity contribution in [3.05, 3.63) is 0 Å². The monoisotopic (exact) mass is 379 g/mol. The number of hydrogen-bond donors (Lipinski definition) is 3. The third-order valence-corrected chi connectivity index (χ3v) is 5.52. The number of alkyl halides is 3. The van der Waals surface area contributed by atoms with Crippen LogP contribution in [0.1, 0.15) is 52.9 Å². The summed E-state index contributed by atoms with van der Waals surface area (Å²) in [5.41, 5.74) is 4.74. The van der Waals surface area contributed by atoms with E-state index in [4.69, 9.17) is 5.73 Å². The van der Waals surface area contributed by atoms with Crippen LogP contribution in [-0.4, -0.2) is 58.9 Å². The Hall–Kier alpha value is -0.860. The zero-order valence-electron chi connectivity index (χ0n) is 15.9. The second-order valence-electron chi connectivity index (χ2n) is 8.88. The Bertz CT molecular complexity index is 493. The Morgan fingerprint density at radius 3 is 2.35 bits per heavy atom. The molecule has 1 amide bonds. The fourth-order valence-corrected chi connectivity index (χ4v) is 4.20. The van der Waals surface area contributed by atoms with Crippen molar-refractivity contribution in [2.45, 2.75) is 82.8 Å². The van der Waals surface area contributed by atoms with Crippen molar-refractivity contribution in [2.24, 2.45) is 17.6 Å². The second-order valence-corrected chi connectivity index (χ2v) is 8.88. The summed E-state index contributed by atoms with van der Waals surface area (Å²) in [6.45, 7) is 5.91. The van der Waals surface area contributed by atoms with E-state index >= 15 is 0 Å². The smallest absolute Gasteiger partial charge is 0.390 e. The van der Waals surface area contributed by atoms with E-state index in [1.54, 1.807) is 4.90 Å². The number of aliphatic hydroxyl groups is 1. The molecular formula is C18H32F3N3O2. The van der Waals surface area contributed by atoms with Gasteiger partial charge in [0.2, 0.25) is 5.91 Å². The van der Waals surface area contributed by atoms with Gasteiger partial charge in [-0.2, -0.15) is 13.2 Å². The SMILES string of the molecule is CC(C)(C)NC(=O)[C@H]1C[C@H]2CCCC[C@H]2CN1CC(O)C(N)C(F)(F)F. The number of amides is 1. The summed E-state index contributed by atoms with van der Waals surface area (Å²) in [6.07, 6.45) is -1.46. The highest BCUT2D eigenvalue weighted by atomic mass is 19.4. The van der Waals surface area contributed by atoms with Gasteiger partial charge < -0.3 is 16.2 Å². The number of halogens is 3. The highest BCUT2D eigenvalue weighted by Crippen LogP contribution is 2.39. The molecule has 1 saturated heterocycles. The predicted molar refractivity (Wildman–Crippen MR) is 93.4 cm³/mol. The third kappa shape index (κ3) is 5.57. The van der Waals surface area contributed by atoms with Crippen LogP contribution in [0.25, 0.3) is 0 Å². The van der Waals surface area contributed by atoms with E-state index in [-0.39, 0.29) is 12.5 Å². The summed E-state index contributed by atoms with van der Waals surface area (Å²) >= 11 is 0. The highest BCUT2D eigenvalue weighted by Gasteiger charge is 2.45. The number of rotatable bonds is 4. The normalized spacial score (nSPS) is 30.4. The maximum Gasteiger partial charge on any atom is 0.406 e. The molecular weight excluding hydrogens is 347 g/mol. The number of nitrogens with zero attached hydrogens (tertiary/aromatic N) is 1. The third-order valence-electron chi connectivity index (χ3n) is 5.52. The summed E-state index contributed by atoms with van der Waals surface area (Å²) in [5, 5.41) is 12.9. The summed E-state index contributed by atoms with van der Waals surface area (Å²) in [7, 11) is 0. The number of hydrogen-bond acceptors (Lipinski definition) is 4. The van der Waals surface area contributed by atoms with Crippen LogP contribution in [0, 0.1) is 11.8 Å². The minimum Gasteiger partial charge on any atom is -0.390 e. The van der Waals surface area contributed by atoms with Gasteiger partial charge in [0.1, 0.15) is 6.04 Å². The molecule has 0 spiro atoms. The van der Waals surface area contributed by atoms with Gasteiger partial charge in [-0.15, -0.1) is 0 Å². The fraction of sp³-hybridized carbons (Fsp3) is 0.944. The number of aliphatic hydroxyl groups excluding tert-OH is 1. The van der Waals surface area contributed by atoms with E-state index in [1.165, 1.54) is 0 Å². The average Bonchev–Trinajstić information content (AvgIpc) is 2.50. The molecule has 2 aliphatic rings. The summed E-state index contributed by atoms with van der Waals surface area (Å²) in [4.78, 5) is 14.5. The van der Waals surface area contributed by atoms with Crippen LogP contribution >= 0.6 is 0 Å². The quantitative estimate of drug-likeness (QED) is 0.698. The molecule has 4 N–H and O–H groups in total. The first-order valence-electron chi connectivity index (χ1n) is 9.45. The molecule has 1 heterocycles. The zero-order chi connectivity index (χ0) is 19.7. The van der Waals surface area contributed by atoms with Gasteiger partial charge in [-0.1, -0.05) is 19.3 Å². The molecule has 8 heteroatoms. The summed E-state index contributed by atoms with van der Waals surface area (Å²) < 4.78 is 38.5. The Balaban J connectivity index is 2.13. The molecule has 0 aromatic heterocycles. The van der Waals surface area contributed by atoms with E-state index < -0.39 is 29.9 Å². The van der Waals surface area contributed by atoms with E-state index in [2.05, 4.69) is 5.32 Å². The van der Waals surface area contributed by atoms with E-state index in [9.17, 15) is 23.1 Å². The summed E-state index contributed by atoms with van der Waals surface area (Å²) in [6, 6.07) is -2.83. The highest BCUT2D eigenvalue weighted by molar-refractivity contribution is 5.82. The molecule has 26 heavy (non-hydrogen) atoms. The molecule has 2 rings (SSSR count). The molecule has 2 fully saturated rings. The van der Waals surface area contributed by atoms with E-state index in [0.717, 1.165) is 25.7 Å². The van der Waals surface area contributed by atoms with E-state index in [1.807, 2.05) is 20.8 Å². The number of piperidine rings is 1. The Kier molecular flexibility index (Phi) is 6.62. The van der Waals surface area contributed by atoms with Crippen LogP contribution in [-0.2, 0) is 4.79 Å². The van der Waals surface area contributed by atoms with Gasteiger partial charge in [0.25, 0.3) is 0 Å². The molecule has 1 aliphatic heterocycles. The molecule has 5 nitrogen and oxygen atoms in total. The van der Waals surface area contributed by atoms with Crippen LogP contribution in [0.5, 0.6) is 0 Å². The Morgan fingerprint density at radius 1 is 1.23 bits per heavy atom. The number of β-amino-alcohol motifs (C(OH)–C–C–N with tert-alkyl or cyclic N) is 1. The van der Waals surface area contributed by atoms with Crippen molar-refractivity contribution in [3.8, 4) is 0 Å². The van der Waals surface area contributed by atoms with Crippen LogP contribution in [0.3, 0.4) is 0 Å². The fourth-order valence-electron chi connectivity index (χ4n) is 4.20. The Labute approximate surface area is 153 Å². The van der Waals surface area contributed by atoms with Gasteiger partial charge in [-0.3, -0.25) is 9.69 Å². The number of fused-ring (bicyclic) bond motifs is 1. The van der Waals surface area contributed by atoms with Crippen molar-refractivity contribution in [2.75, 3.05) is 13.1 Å². The van der Waals surface area contributed by atoms with Gasteiger partial charge in [0.05, 0.1) is 12.1 Å². The minimum atomic E-state index is -4.66. The van der Waals surface area contributed by atoms with E-state index in [0.29, 0.717) is 24.8 Å². The van der Waals surface area contributed by atoms with Crippen LogP contribution in [0.15, 0.2) is 0 Å². The maximum atomic E-state index is 12.8. The maximum absolute atomic E-state index is 12.8. The van der Waals surface area contributed by atoms with Crippen molar-refractivity contribution < 1.29 is 23.1 Å². The Morgan fingerprint density at radius 2 is 1.81 bits per heavy atom. The van der Waals surface area contributed by atoms with Crippen LogP contribution in [0.4, 0.5) is 13.2 Å². The van der Waals surface area contributed by atoms with Crippen molar-refractivity contribution >= 4 is 5.91 Å². The number of carbonyl (C=O) groups excluding carboxylic acids is 1. The van der Waals surface area contributed by atoms with Gasteiger partial charge in [-0.05, 0) is 45.4 Å². The standard InChI is InChI=1S/C18H32F3N3O2/c1-17(2,3)23-16(26)13-8-11-6-4-5-7-12(11)9-24(13)10-14(25)15(22)18(19,20)21/h11-15,25H,4-10,22H2,1-3H3,(H,23,26)/t11-,12+,13-,14?,15?/m1/s1. The van der Waals surface area contributed by atoms with Crippen LogP contribution in [0.2, 0.25) is 0 Å². The molecule has 1 saturated carbocycles. The molecule has 5 atom stereocenters. The molecule has 1 aliphatic carbocycles. The van der Waals surface area contributed by atoms with Crippen LogP contribution < -0.4 is 11.1 Å². The number of carbonyl (C=O) groups is 1. The lowest BCUT2D eigenvalue weighted by molar-refractivity contribution is -0.172. The lowest BCUT2D eigenvalue weighted by atomic mass is 9.72. The topological polar surface area (TPSA) is 78.6 Å². The largest absolute Gasteiger partial charge is 0.406 e. The first-order chi connectivity index (χ1) is 11.9. The lowest BCUT2D eigenvalue weighted by Crippen LogP contribution is -2.60.